The van der Waals surface area contributed by atoms with Crippen LogP contribution in [0.4, 0.5) is 0 Å². The minimum absolute atomic E-state index is 0.423. The summed E-state index contributed by atoms with van der Waals surface area (Å²) in [5, 5.41) is 10.3. The molecule has 1 aliphatic rings. The van der Waals surface area contributed by atoms with Crippen molar-refractivity contribution >= 4 is 5.97 Å². The number of ether oxygens (including phenoxy) is 2. The van der Waals surface area contributed by atoms with Crippen molar-refractivity contribution in [3.05, 3.63) is 48.0 Å². The Morgan fingerprint density at radius 2 is 2.11 bits per heavy atom. The molecule has 0 unspecified atom stereocenters. The molecular weight excluding hydrogens is 232 g/mol. The van der Waals surface area contributed by atoms with Crippen LogP contribution in [-0.2, 0) is 14.3 Å². The van der Waals surface area contributed by atoms with E-state index in [1.807, 2.05) is 30.3 Å². The smallest absolute Gasteiger partial charge is 0.330 e. The van der Waals surface area contributed by atoms with Gasteiger partial charge in [-0.05, 0) is 5.56 Å². The van der Waals surface area contributed by atoms with Crippen LogP contribution in [0.3, 0.4) is 0 Å². The maximum Gasteiger partial charge on any atom is 0.330 e. The van der Waals surface area contributed by atoms with Gasteiger partial charge in [-0.15, -0.1) is 0 Å². The van der Waals surface area contributed by atoms with Crippen molar-refractivity contribution in [2.75, 3.05) is 7.11 Å². The first kappa shape index (κ1) is 12.8. The molecule has 1 aromatic carbocycles. The lowest BCUT2D eigenvalue weighted by Crippen LogP contribution is -2.37. The number of hydrogen-bond donors (Lipinski definition) is 1. The lowest BCUT2D eigenvalue weighted by Gasteiger charge is -2.29. The van der Waals surface area contributed by atoms with Crippen molar-refractivity contribution in [2.45, 2.75) is 24.7 Å². The molecule has 0 spiro atoms. The molecule has 0 amide bonds. The maximum atomic E-state index is 11.2. The van der Waals surface area contributed by atoms with Crippen LogP contribution in [0.1, 0.15) is 18.1 Å². The van der Waals surface area contributed by atoms with E-state index in [1.165, 1.54) is 13.2 Å². The molecule has 0 aromatic heterocycles. The van der Waals surface area contributed by atoms with Gasteiger partial charge < -0.3 is 14.6 Å². The normalized spacial score (nSPS) is 22.3. The SMILES string of the molecule is CO[C@H](c1ccccc1)[C@@H](O)[C@H]1CC=CC(=O)O1. The number of esters is 1. The van der Waals surface area contributed by atoms with Crippen molar-refractivity contribution in [1.29, 1.82) is 0 Å². The molecule has 0 radical (unpaired) electrons. The van der Waals surface area contributed by atoms with E-state index in [2.05, 4.69) is 0 Å². The maximum absolute atomic E-state index is 11.2. The molecule has 1 aromatic rings. The summed E-state index contributed by atoms with van der Waals surface area (Å²) in [5.41, 5.74) is 0.859. The van der Waals surface area contributed by atoms with Crippen LogP contribution >= 0.6 is 0 Å². The van der Waals surface area contributed by atoms with Gasteiger partial charge >= 0.3 is 5.97 Å². The second-order valence-electron chi connectivity index (χ2n) is 4.17. The fraction of sp³-hybridized carbons (Fsp3) is 0.357. The Balaban J connectivity index is 2.13. The van der Waals surface area contributed by atoms with Crippen LogP contribution in [0.25, 0.3) is 0 Å². The van der Waals surface area contributed by atoms with Crippen molar-refractivity contribution in [1.82, 2.24) is 0 Å². The van der Waals surface area contributed by atoms with Gasteiger partial charge in [0.15, 0.2) is 0 Å². The van der Waals surface area contributed by atoms with E-state index in [9.17, 15) is 9.90 Å². The molecule has 2 rings (SSSR count). The molecule has 0 aliphatic carbocycles. The number of carbonyl (C=O) groups is 1. The number of aliphatic hydroxyl groups is 1. The van der Waals surface area contributed by atoms with Crippen molar-refractivity contribution in [2.24, 2.45) is 0 Å². The van der Waals surface area contributed by atoms with Crippen LogP contribution in [-0.4, -0.2) is 30.4 Å². The van der Waals surface area contributed by atoms with Crippen LogP contribution in [0.15, 0.2) is 42.5 Å². The Morgan fingerprint density at radius 1 is 1.39 bits per heavy atom. The average Bonchev–Trinajstić information content (AvgIpc) is 2.41. The average molecular weight is 248 g/mol. The molecule has 1 heterocycles. The zero-order valence-electron chi connectivity index (χ0n) is 10.2. The van der Waals surface area contributed by atoms with Gasteiger partial charge in [-0.1, -0.05) is 36.4 Å². The van der Waals surface area contributed by atoms with Gasteiger partial charge in [0.1, 0.15) is 18.3 Å². The van der Waals surface area contributed by atoms with Gasteiger partial charge in [0.25, 0.3) is 0 Å². The van der Waals surface area contributed by atoms with Crippen LogP contribution in [0.5, 0.6) is 0 Å². The minimum atomic E-state index is -0.883. The quantitative estimate of drug-likeness (QED) is 0.822. The van der Waals surface area contributed by atoms with Gasteiger partial charge in [-0.3, -0.25) is 0 Å². The van der Waals surface area contributed by atoms with Crippen LogP contribution in [0.2, 0.25) is 0 Å². The predicted octanol–water partition coefficient (Wildman–Crippen LogP) is 1.61. The molecule has 0 saturated heterocycles. The van der Waals surface area contributed by atoms with Crippen molar-refractivity contribution in [3.8, 4) is 0 Å². The molecule has 0 saturated carbocycles. The highest BCUT2D eigenvalue weighted by Gasteiger charge is 2.32. The molecule has 3 atom stereocenters. The number of cyclic esters (lactones) is 1. The van der Waals surface area contributed by atoms with E-state index in [0.29, 0.717) is 6.42 Å². The Labute approximate surface area is 106 Å². The number of hydrogen-bond acceptors (Lipinski definition) is 4. The highest BCUT2D eigenvalue weighted by Crippen LogP contribution is 2.26. The second-order valence-corrected chi connectivity index (χ2v) is 4.17. The minimum Gasteiger partial charge on any atom is -0.456 e. The molecule has 0 fully saturated rings. The monoisotopic (exact) mass is 248 g/mol. The van der Waals surface area contributed by atoms with Gasteiger partial charge in [0, 0.05) is 19.6 Å². The first-order valence-electron chi connectivity index (χ1n) is 5.85. The zero-order valence-corrected chi connectivity index (χ0v) is 10.2. The summed E-state index contributed by atoms with van der Waals surface area (Å²) < 4.78 is 10.4. The predicted molar refractivity (Wildman–Crippen MR) is 65.8 cm³/mol. The number of benzene rings is 1. The fourth-order valence-electron chi connectivity index (χ4n) is 2.05. The largest absolute Gasteiger partial charge is 0.456 e. The zero-order chi connectivity index (χ0) is 13.0. The van der Waals surface area contributed by atoms with E-state index in [4.69, 9.17) is 9.47 Å². The van der Waals surface area contributed by atoms with Gasteiger partial charge in [0.2, 0.25) is 0 Å². The molecule has 0 bridgehead atoms. The van der Waals surface area contributed by atoms with Gasteiger partial charge in [-0.25, -0.2) is 4.79 Å². The Hall–Kier alpha value is -1.65. The van der Waals surface area contributed by atoms with Crippen molar-refractivity contribution in [3.63, 3.8) is 0 Å². The standard InChI is InChI=1S/C14H16O4/c1-17-14(10-6-3-2-4-7-10)13(16)11-8-5-9-12(15)18-11/h2-7,9,11,13-14,16H,8H2,1H3/t11-,13+,14-/m1/s1. The third kappa shape index (κ3) is 2.78. The summed E-state index contributed by atoms with van der Waals surface area (Å²) in [6.07, 6.45) is 1.62. The summed E-state index contributed by atoms with van der Waals surface area (Å²) in [7, 11) is 1.53. The summed E-state index contributed by atoms with van der Waals surface area (Å²) in [6, 6.07) is 9.39. The lowest BCUT2D eigenvalue weighted by molar-refractivity contribution is -0.157. The summed E-state index contributed by atoms with van der Waals surface area (Å²) in [6.45, 7) is 0. The molecule has 4 nitrogen and oxygen atoms in total. The highest BCUT2D eigenvalue weighted by atomic mass is 16.6. The number of methoxy groups -OCH3 is 1. The number of rotatable bonds is 4. The van der Waals surface area contributed by atoms with Gasteiger partial charge in [0.05, 0.1) is 0 Å². The Bertz CT molecular complexity index is 427. The van der Waals surface area contributed by atoms with E-state index >= 15 is 0 Å². The highest BCUT2D eigenvalue weighted by molar-refractivity contribution is 5.82. The van der Waals surface area contributed by atoms with Crippen LogP contribution < -0.4 is 0 Å². The molecule has 18 heavy (non-hydrogen) atoms. The molecule has 96 valence electrons. The second kappa shape index (κ2) is 5.80. The summed E-state index contributed by atoms with van der Waals surface area (Å²) in [4.78, 5) is 11.2. The topological polar surface area (TPSA) is 55.8 Å². The van der Waals surface area contributed by atoms with E-state index in [0.717, 1.165) is 5.56 Å². The van der Waals surface area contributed by atoms with Crippen molar-refractivity contribution < 1.29 is 19.4 Å². The first-order chi connectivity index (χ1) is 8.72. The molecule has 4 heteroatoms. The number of carbonyl (C=O) groups excluding carboxylic acids is 1. The molecular formula is C14H16O4. The van der Waals surface area contributed by atoms with E-state index in [-0.39, 0.29) is 0 Å². The Kier molecular flexibility index (Phi) is 4.12. The summed E-state index contributed by atoms with van der Waals surface area (Å²) in [5.74, 6) is -0.423. The third-order valence-electron chi connectivity index (χ3n) is 2.96. The summed E-state index contributed by atoms with van der Waals surface area (Å²) >= 11 is 0. The van der Waals surface area contributed by atoms with Crippen LogP contribution in [0, 0.1) is 0 Å². The first-order valence-corrected chi connectivity index (χ1v) is 5.85. The Morgan fingerprint density at radius 3 is 2.72 bits per heavy atom. The van der Waals surface area contributed by atoms with E-state index < -0.39 is 24.3 Å². The molecule has 1 N–H and O–H groups in total. The third-order valence-corrected chi connectivity index (χ3v) is 2.96. The number of aliphatic hydroxyl groups excluding tert-OH is 1. The fourth-order valence-corrected chi connectivity index (χ4v) is 2.05. The van der Waals surface area contributed by atoms with Gasteiger partial charge in [-0.2, -0.15) is 0 Å². The van der Waals surface area contributed by atoms with E-state index in [1.54, 1.807) is 6.08 Å². The lowest BCUT2D eigenvalue weighted by atomic mass is 9.97. The molecule has 1 aliphatic heterocycles.